The van der Waals surface area contributed by atoms with Crippen molar-refractivity contribution in [1.82, 2.24) is 9.80 Å². The van der Waals surface area contributed by atoms with Crippen LogP contribution in [-0.2, 0) is 9.53 Å². The van der Waals surface area contributed by atoms with Gasteiger partial charge in [-0.2, -0.15) is 0 Å². The molecule has 2 N–H and O–H groups in total. The largest absolute Gasteiger partial charge is 0.480 e. The number of nitrogens with zero attached hydrogens (tertiary/aromatic N) is 2. The first-order valence-electron chi connectivity index (χ1n) is 8.35. The molecule has 1 aromatic carbocycles. The van der Waals surface area contributed by atoms with E-state index in [4.69, 9.17) is 4.74 Å². The number of carboxylic acids is 1. The lowest BCUT2D eigenvalue weighted by atomic mass is 10.1. The maximum Gasteiger partial charge on any atom is 0.325 e. The van der Waals surface area contributed by atoms with Crippen LogP contribution < -0.4 is 5.32 Å². The van der Waals surface area contributed by atoms with Crippen molar-refractivity contribution in [3.05, 3.63) is 29.8 Å². The summed E-state index contributed by atoms with van der Waals surface area (Å²) in [6.45, 7) is 3.91. The highest BCUT2D eigenvalue weighted by Crippen LogP contribution is 2.26. The molecule has 0 unspecified atom stereocenters. The highest BCUT2D eigenvalue weighted by Gasteiger charge is 2.29. The number of amides is 2. The SMILES string of the molecule is O=C(O)[C@H](c1ccc(NC(=O)N2CCOCC2)cc1)N1CCCC1. The second kappa shape index (κ2) is 7.63. The normalized spacial score (nSPS) is 19.9. The van der Waals surface area contributed by atoms with E-state index >= 15 is 0 Å². The number of urea groups is 1. The van der Waals surface area contributed by atoms with Gasteiger partial charge in [0.05, 0.1) is 13.2 Å². The van der Waals surface area contributed by atoms with Gasteiger partial charge in [0.15, 0.2) is 0 Å². The molecule has 0 aliphatic carbocycles. The summed E-state index contributed by atoms with van der Waals surface area (Å²) in [6, 6.07) is 6.33. The number of ether oxygens (including phenoxy) is 1. The smallest absolute Gasteiger partial charge is 0.325 e. The number of rotatable bonds is 4. The molecule has 2 aliphatic rings. The number of benzene rings is 1. The Morgan fingerprint density at radius 3 is 2.25 bits per heavy atom. The van der Waals surface area contributed by atoms with Crippen molar-refractivity contribution in [1.29, 1.82) is 0 Å². The van der Waals surface area contributed by atoms with Crippen molar-refractivity contribution >= 4 is 17.7 Å². The number of carbonyl (C=O) groups is 2. The maximum atomic E-state index is 12.2. The lowest BCUT2D eigenvalue weighted by Crippen LogP contribution is -2.43. The standard InChI is InChI=1S/C17H23N3O4/c21-16(22)15(19-7-1-2-8-19)13-3-5-14(6-4-13)18-17(23)20-9-11-24-12-10-20/h3-6,15H,1-2,7-12H2,(H,18,23)(H,21,22)/t15-/m0/s1. The third-order valence-electron chi connectivity index (χ3n) is 4.52. The van der Waals surface area contributed by atoms with E-state index in [1.54, 1.807) is 29.2 Å². The predicted molar refractivity (Wildman–Crippen MR) is 89.0 cm³/mol. The zero-order valence-corrected chi connectivity index (χ0v) is 13.6. The molecule has 2 fully saturated rings. The monoisotopic (exact) mass is 333 g/mol. The van der Waals surface area contributed by atoms with Crippen LogP contribution in [0.25, 0.3) is 0 Å². The van der Waals surface area contributed by atoms with Crippen molar-refractivity contribution in [3.8, 4) is 0 Å². The molecule has 2 aliphatic heterocycles. The van der Waals surface area contributed by atoms with Gasteiger partial charge in [0.25, 0.3) is 0 Å². The molecule has 0 radical (unpaired) electrons. The number of carboxylic acid groups (broad SMARTS) is 1. The van der Waals surface area contributed by atoms with E-state index < -0.39 is 12.0 Å². The Morgan fingerprint density at radius 2 is 1.67 bits per heavy atom. The Hall–Kier alpha value is -2.12. The third-order valence-corrected chi connectivity index (χ3v) is 4.52. The van der Waals surface area contributed by atoms with Crippen LogP contribution in [0.1, 0.15) is 24.4 Å². The Morgan fingerprint density at radius 1 is 1.04 bits per heavy atom. The van der Waals surface area contributed by atoms with Crippen LogP contribution in [0.5, 0.6) is 0 Å². The Kier molecular flexibility index (Phi) is 5.32. The Labute approximate surface area is 141 Å². The molecule has 2 saturated heterocycles. The maximum absolute atomic E-state index is 12.2. The third kappa shape index (κ3) is 3.85. The molecule has 130 valence electrons. The van der Waals surface area contributed by atoms with Crippen LogP contribution in [0.15, 0.2) is 24.3 Å². The van der Waals surface area contributed by atoms with E-state index in [1.807, 2.05) is 4.90 Å². The number of hydrogen-bond donors (Lipinski definition) is 2. The molecule has 0 saturated carbocycles. The van der Waals surface area contributed by atoms with Crippen molar-refractivity contribution in [2.24, 2.45) is 0 Å². The summed E-state index contributed by atoms with van der Waals surface area (Å²) >= 11 is 0. The Balaban J connectivity index is 1.65. The molecule has 7 nitrogen and oxygen atoms in total. The van der Waals surface area contributed by atoms with E-state index in [2.05, 4.69) is 5.32 Å². The fourth-order valence-corrected chi connectivity index (χ4v) is 3.23. The van der Waals surface area contributed by atoms with Crippen LogP contribution in [0.3, 0.4) is 0 Å². The summed E-state index contributed by atoms with van der Waals surface area (Å²) in [6.07, 6.45) is 2.08. The van der Waals surface area contributed by atoms with Crippen molar-refractivity contribution in [3.63, 3.8) is 0 Å². The van der Waals surface area contributed by atoms with Gasteiger partial charge < -0.3 is 20.1 Å². The van der Waals surface area contributed by atoms with Crippen LogP contribution in [0.4, 0.5) is 10.5 Å². The number of carbonyl (C=O) groups excluding carboxylic acids is 1. The second-order valence-corrected chi connectivity index (χ2v) is 6.14. The fourth-order valence-electron chi connectivity index (χ4n) is 3.23. The van der Waals surface area contributed by atoms with E-state index in [-0.39, 0.29) is 6.03 Å². The van der Waals surface area contributed by atoms with Crippen LogP contribution in [0, 0.1) is 0 Å². The zero-order chi connectivity index (χ0) is 16.9. The average Bonchev–Trinajstić information content (AvgIpc) is 3.11. The lowest BCUT2D eigenvalue weighted by molar-refractivity contribution is -0.143. The Bertz CT molecular complexity index is 578. The predicted octanol–water partition coefficient (Wildman–Crippen LogP) is 1.77. The van der Waals surface area contributed by atoms with Gasteiger partial charge in [-0.3, -0.25) is 9.69 Å². The first kappa shape index (κ1) is 16.7. The first-order valence-corrected chi connectivity index (χ1v) is 8.35. The van der Waals surface area contributed by atoms with Crippen molar-refractivity contribution < 1.29 is 19.4 Å². The molecule has 24 heavy (non-hydrogen) atoms. The molecule has 2 amide bonds. The molecule has 3 rings (SSSR count). The van der Waals surface area contributed by atoms with Gasteiger partial charge in [-0.25, -0.2) is 4.79 Å². The van der Waals surface area contributed by atoms with Gasteiger partial charge in [-0.05, 0) is 43.6 Å². The minimum atomic E-state index is -0.831. The first-order chi connectivity index (χ1) is 11.6. The molecule has 1 aromatic rings. The fraction of sp³-hybridized carbons (Fsp3) is 0.529. The highest BCUT2D eigenvalue weighted by atomic mass is 16.5. The number of nitrogens with one attached hydrogen (secondary N) is 1. The van der Waals surface area contributed by atoms with Gasteiger partial charge in [-0.1, -0.05) is 12.1 Å². The van der Waals surface area contributed by atoms with Crippen molar-refractivity contribution in [2.45, 2.75) is 18.9 Å². The van der Waals surface area contributed by atoms with E-state index in [0.29, 0.717) is 32.0 Å². The summed E-state index contributed by atoms with van der Waals surface area (Å²) in [7, 11) is 0. The van der Waals surface area contributed by atoms with Crippen LogP contribution in [0.2, 0.25) is 0 Å². The van der Waals surface area contributed by atoms with Crippen LogP contribution >= 0.6 is 0 Å². The molecule has 2 heterocycles. The van der Waals surface area contributed by atoms with Gasteiger partial charge in [-0.15, -0.1) is 0 Å². The van der Waals surface area contributed by atoms with E-state index in [0.717, 1.165) is 31.5 Å². The lowest BCUT2D eigenvalue weighted by Gasteiger charge is -2.27. The average molecular weight is 333 g/mol. The summed E-state index contributed by atoms with van der Waals surface area (Å²) in [5.41, 5.74) is 1.41. The highest BCUT2D eigenvalue weighted by molar-refractivity contribution is 5.89. The summed E-state index contributed by atoms with van der Waals surface area (Å²) in [5, 5.41) is 12.4. The quantitative estimate of drug-likeness (QED) is 0.877. The molecular weight excluding hydrogens is 310 g/mol. The molecular formula is C17H23N3O4. The summed E-state index contributed by atoms with van der Waals surface area (Å²) in [5.74, 6) is -0.831. The zero-order valence-electron chi connectivity index (χ0n) is 13.6. The van der Waals surface area contributed by atoms with Crippen LogP contribution in [-0.4, -0.2) is 66.3 Å². The number of hydrogen-bond acceptors (Lipinski definition) is 4. The minimum Gasteiger partial charge on any atom is -0.480 e. The number of aliphatic carboxylic acids is 1. The van der Waals surface area contributed by atoms with Gasteiger partial charge in [0, 0.05) is 18.8 Å². The number of morpholine rings is 1. The molecule has 1 atom stereocenters. The number of anilines is 1. The summed E-state index contributed by atoms with van der Waals surface area (Å²) < 4.78 is 5.23. The van der Waals surface area contributed by atoms with E-state index in [1.165, 1.54) is 0 Å². The van der Waals surface area contributed by atoms with Crippen molar-refractivity contribution in [2.75, 3.05) is 44.7 Å². The molecule has 0 bridgehead atoms. The second-order valence-electron chi connectivity index (χ2n) is 6.14. The van der Waals surface area contributed by atoms with Gasteiger partial charge in [0.2, 0.25) is 0 Å². The van der Waals surface area contributed by atoms with E-state index in [9.17, 15) is 14.7 Å². The molecule has 0 aromatic heterocycles. The van der Waals surface area contributed by atoms with Gasteiger partial charge in [0.1, 0.15) is 6.04 Å². The molecule has 0 spiro atoms. The van der Waals surface area contributed by atoms with Gasteiger partial charge >= 0.3 is 12.0 Å². The minimum absolute atomic E-state index is 0.152. The number of likely N-dealkylation sites (tertiary alicyclic amines) is 1. The topological polar surface area (TPSA) is 82.1 Å². The summed E-state index contributed by atoms with van der Waals surface area (Å²) in [4.78, 5) is 27.5. The molecule has 7 heteroatoms.